The number of hydrogen-bond donors (Lipinski definition) is 0. The highest BCUT2D eigenvalue weighted by Gasteiger charge is 2.17. The Balaban J connectivity index is 1.97. The fourth-order valence-electron chi connectivity index (χ4n) is 3.27. The van der Waals surface area contributed by atoms with E-state index in [4.69, 9.17) is 4.98 Å². The van der Waals surface area contributed by atoms with Crippen LogP contribution in [0, 0.1) is 13.8 Å². The summed E-state index contributed by atoms with van der Waals surface area (Å²) in [6.07, 6.45) is 6.27. The highest BCUT2D eigenvalue weighted by atomic mass is 32.2. The Bertz CT molecular complexity index is 1110. The van der Waals surface area contributed by atoms with E-state index in [1.165, 1.54) is 15.4 Å². The Kier molecular flexibility index (Phi) is 4.98. The van der Waals surface area contributed by atoms with E-state index in [-0.39, 0.29) is 0 Å². The van der Waals surface area contributed by atoms with Gasteiger partial charge in [-0.3, -0.25) is 4.40 Å². The third-order valence-electron chi connectivity index (χ3n) is 4.67. The molecule has 0 fully saturated rings. The minimum atomic E-state index is 0.737. The van der Waals surface area contributed by atoms with Crippen molar-refractivity contribution in [1.29, 1.82) is 0 Å². The quantitative estimate of drug-likeness (QED) is 0.392. The predicted octanol–water partition coefficient (Wildman–Crippen LogP) is 6.12. The lowest BCUT2D eigenvalue weighted by atomic mass is 10.0. The molecular weight excluding hydrogens is 370 g/mol. The van der Waals surface area contributed by atoms with Gasteiger partial charge in [0.2, 0.25) is 5.78 Å². The largest absolute Gasteiger partial charge is 0.283 e. The van der Waals surface area contributed by atoms with Gasteiger partial charge in [-0.05, 0) is 62.3 Å². The molecule has 27 heavy (non-hydrogen) atoms. The molecule has 2 heterocycles. The second-order valence-electron chi connectivity index (χ2n) is 6.46. The summed E-state index contributed by atoms with van der Waals surface area (Å²) in [4.78, 5) is 12.1. The molecule has 2 aromatic carbocycles. The Morgan fingerprint density at radius 3 is 2.22 bits per heavy atom. The minimum Gasteiger partial charge on any atom is -0.283 e. The maximum absolute atomic E-state index is 4.89. The fourth-order valence-corrected chi connectivity index (χ4v) is 4.26. The first-order valence-corrected chi connectivity index (χ1v) is 11.2. The lowest BCUT2D eigenvalue weighted by Gasteiger charge is -2.09. The van der Waals surface area contributed by atoms with Gasteiger partial charge in [0.05, 0.1) is 11.4 Å². The van der Waals surface area contributed by atoms with Crippen LogP contribution >= 0.6 is 23.5 Å². The molecule has 0 aliphatic rings. The normalized spacial score (nSPS) is 11.3. The van der Waals surface area contributed by atoms with Crippen LogP contribution in [0.15, 0.2) is 64.5 Å². The first-order chi connectivity index (χ1) is 13.1. The molecule has 4 rings (SSSR count). The molecule has 0 unspecified atom stereocenters. The Labute approximate surface area is 168 Å². The van der Waals surface area contributed by atoms with Crippen molar-refractivity contribution in [2.75, 3.05) is 12.5 Å². The summed E-state index contributed by atoms with van der Waals surface area (Å²) in [6, 6.07) is 17.2. The lowest BCUT2D eigenvalue weighted by Crippen LogP contribution is -1.93. The zero-order chi connectivity index (χ0) is 19.0. The molecule has 0 atom stereocenters. The SMILES string of the molecule is CSc1ccc(-c2nc3nc(C)ccn3c2-c2ccc(SC)c(C)c2)cc1. The van der Waals surface area contributed by atoms with Crippen molar-refractivity contribution in [3.63, 3.8) is 0 Å². The van der Waals surface area contributed by atoms with E-state index >= 15 is 0 Å². The molecule has 0 bridgehead atoms. The van der Waals surface area contributed by atoms with Crippen LogP contribution in [0.1, 0.15) is 11.3 Å². The molecule has 0 radical (unpaired) electrons. The molecule has 4 aromatic rings. The molecular formula is C22H21N3S2. The van der Waals surface area contributed by atoms with Crippen LogP contribution in [-0.4, -0.2) is 26.9 Å². The second kappa shape index (κ2) is 7.41. The molecule has 0 aliphatic heterocycles. The number of aromatic nitrogens is 3. The number of thioether (sulfide) groups is 2. The van der Waals surface area contributed by atoms with Gasteiger partial charge in [-0.1, -0.05) is 18.2 Å². The molecule has 0 amide bonds. The number of nitrogens with zero attached hydrogens (tertiary/aromatic N) is 3. The van der Waals surface area contributed by atoms with Crippen molar-refractivity contribution in [2.24, 2.45) is 0 Å². The van der Waals surface area contributed by atoms with Crippen molar-refractivity contribution >= 4 is 29.3 Å². The van der Waals surface area contributed by atoms with Gasteiger partial charge < -0.3 is 0 Å². The van der Waals surface area contributed by atoms with Crippen LogP contribution in [0.2, 0.25) is 0 Å². The van der Waals surface area contributed by atoms with Crippen LogP contribution < -0.4 is 0 Å². The molecule has 0 spiro atoms. The number of hydrogen-bond acceptors (Lipinski definition) is 4. The lowest BCUT2D eigenvalue weighted by molar-refractivity contribution is 1.07. The molecule has 0 saturated carbocycles. The van der Waals surface area contributed by atoms with E-state index in [0.717, 1.165) is 34.0 Å². The first kappa shape index (κ1) is 18.1. The van der Waals surface area contributed by atoms with Gasteiger partial charge in [0.1, 0.15) is 0 Å². The molecule has 3 nitrogen and oxygen atoms in total. The Hall–Kier alpha value is -2.24. The van der Waals surface area contributed by atoms with Gasteiger partial charge in [0.25, 0.3) is 0 Å². The van der Waals surface area contributed by atoms with Crippen LogP contribution in [0.3, 0.4) is 0 Å². The average molecular weight is 392 g/mol. The molecule has 0 N–H and O–H groups in total. The summed E-state index contributed by atoms with van der Waals surface area (Å²) in [7, 11) is 0. The smallest absolute Gasteiger partial charge is 0.235 e. The fraction of sp³-hybridized carbons (Fsp3) is 0.182. The topological polar surface area (TPSA) is 30.2 Å². The van der Waals surface area contributed by atoms with E-state index < -0.39 is 0 Å². The number of benzene rings is 2. The van der Waals surface area contributed by atoms with Gasteiger partial charge >= 0.3 is 0 Å². The van der Waals surface area contributed by atoms with Gasteiger partial charge in [-0.25, -0.2) is 9.97 Å². The molecule has 0 saturated heterocycles. The summed E-state index contributed by atoms with van der Waals surface area (Å²) in [5, 5.41) is 0. The van der Waals surface area contributed by atoms with Crippen LogP contribution in [-0.2, 0) is 0 Å². The summed E-state index contributed by atoms with van der Waals surface area (Å²) in [5.41, 5.74) is 6.57. The minimum absolute atomic E-state index is 0.737. The highest BCUT2D eigenvalue weighted by molar-refractivity contribution is 7.98. The van der Waals surface area contributed by atoms with Crippen LogP contribution in [0.5, 0.6) is 0 Å². The van der Waals surface area contributed by atoms with Crippen molar-refractivity contribution in [3.8, 4) is 22.5 Å². The van der Waals surface area contributed by atoms with Crippen LogP contribution in [0.25, 0.3) is 28.3 Å². The maximum atomic E-state index is 4.89. The zero-order valence-electron chi connectivity index (χ0n) is 15.9. The second-order valence-corrected chi connectivity index (χ2v) is 8.19. The average Bonchev–Trinajstić information content (AvgIpc) is 3.06. The van der Waals surface area contributed by atoms with E-state index in [1.807, 2.05) is 13.0 Å². The van der Waals surface area contributed by atoms with E-state index in [1.54, 1.807) is 23.5 Å². The predicted molar refractivity (Wildman–Crippen MR) is 117 cm³/mol. The highest BCUT2D eigenvalue weighted by Crippen LogP contribution is 2.35. The molecule has 136 valence electrons. The van der Waals surface area contributed by atoms with Gasteiger partial charge in [0.15, 0.2) is 0 Å². The van der Waals surface area contributed by atoms with Gasteiger partial charge in [0, 0.05) is 32.8 Å². The molecule has 0 aliphatic carbocycles. The third kappa shape index (κ3) is 3.37. The Morgan fingerprint density at radius 2 is 1.56 bits per heavy atom. The third-order valence-corrected chi connectivity index (χ3v) is 6.31. The van der Waals surface area contributed by atoms with Crippen LogP contribution in [0.4, 0.5) is 0 Å². The van der Waals surface area contributed by atoms with Crippen molar-refractivity contribution in [2.45, 2.75) is 23.6 Å². The molecule has 2 aromatic heterocycles. The first-order valence-electron chi connectivity index (χ1n) is 8.76. The van der Waals surface area contributed by atoms with Gasteiger partial charge in [-0.15, -0.1) is 23.5 Å². The van der Waals surface area contributed by atoms with Crippen molar-refractivity contribution < 1.29 is 0 Å². The van der Waals surface area contributed by atoms with E-state index in [0.29, 0.717) is 0 Å². The molecule has 5 heteroatoms. The number of aryl methyl sites for hydroxylation is 2. The number of fused-ring (bicyclic) bond motifs is 1. The summed E-state index contributed by atoms with van der Waals surface area (Å²) < 4.78 is 2.10. The van der Waals surface area contributed by atoms with Gasteiger partial charge in [-0.2, -0.15) is 0 Å². The monoisotopic (exact) mass is 391 g/mol. The summed E-state index contributed by atoms with van der Waals surface area (Å²) >= 11 is 3.52. The van der Waals surface area contributed by atoms with Crippen molar-refractivity contribution in [3.05, 3.63) is 66.0 Å². The summed E-state index contributed by atoms with van der Waals surface area (Å²) in [5.74, 6) is 0.737. The number of imidazole rings is 1. The summed E-state index contributed by atoms with van der Waals surface area (Å²) in [6.45, 7) is 4.16. The Morgan fingerprint density at radius 1 is 0.815 bits per heavy atom. The van der Waals surface area contributed by atoms with E-state index in [9.17, 15) is 0 Å². The maximum Gasteiger partial charge on any atom is 0.235 e. The zero-order valence-corrected chi connectivity index (χ0v) is 17.5. The van der Waals surface area contributed by atoms with Crippen molar-refractivity contribution in [1.82, 2.24) is 14.4 Å². The van der Waals surface area contributed by atoms with E-state index in [2.05, 4.69) is 77.5 Å². The standard InChI is InChI=1S/C22H21N3S2/c1-14-13-17(7-10-19(14)27-4)21-20(16-5-8-18(26-3)9-6-16)24-22-23-15(2)11-12-25(21)22/h5-13H,1-4H3. The number of rotatable bonds is 4.